The van der Waals surface area contributed by atoms with Crippen LogP contribution in [0.4, 0.5) is 11.4 Å². The van der Waals surface area contributed by atoms with Gasteiger partial charge in [-0.15, -0.1) is 11.3 Å². The van der Waals surface area contributed by atoms with Gasteiger partial charge in [0.15, 0.2) is 6.61 Å². The molecule has 0 saturated carbocycles. The predicted octanol–water partition coefficient (Wildman–Crippen LogP) is 4.85. The standard InChI is InChI=1S/C29H32N4O5S2/c1-3-33(4-2)40(35,36)23-13-14-26(32-15-17-37-18-16-32)25(19-23)30-28(34)20-38-22-11-9-21(10-12-22)29-31-24-7-5-6-8-27(24)39-29/h5-14,19H,3-4,15-18,20H2,1-2H3,(H,30,34). The molecule has 210 valence electrons. The maximum atomic E-state index is 13.2. The third-order valence-corrected chi connectivity index (χ3v) is 9.83. The molecule has 1 N–H and O–H groups in total. The van der Waals surface area contributed by atoms with Gasteiger partial charge >= 0.3 is 0 Å². The molecular weight excluding hydrogens is 548 g/mol. The van der Waals surface area contributed by atoms with Crippen LogP contribution in [0.25, 0.3) is 20.8 Å². The smallest absolute Gasteiger partial charge is 0.262 e. The number of carbonyl (C=O) groups is 1. The molecule has 3 aromatic carbocycles. The number of amides is 1. The molecule has 11 heteroatoms. The van der Waals surface area contributed by atoms with E-state index in [1.165, 1.54) is 10.4 Å². The van der Waals surface area contributed by atoms with Gasteiger partial charge in [-0.2, -0.15) is 4.31 Å². The second-order valence-electron chi connectivity index (χ2n) is 9.22. The highest BCUT2D eigenvalue weighted by Gasteiger charge is 2.25. The van der Waals surface area contributed by atoms with Gasteiger partial charge in [-0.05, 0) is 54.6 Å². The van der Waals surface area contributed by atoms with Crippen molar-refractivity contribution in [3.8, 4) is 16.3 Å². The third kappa shape index (κ3) is 6.12. The highest BCUT2D eigenvalue weighted by atomic mass is 32.2. The number of morpholine rings is 1. The first kappa shape index (κ1) is 28.0. The zero-order valence-corrected chi connectivity index (χ0v) is 24.1. The third-order valence-electron chi connectivity index (χ3n) is 6.70. The number of anilines is 2. The first-order valence-electron chi connectivity index (χ1n) is 13.2. The Kier molecular flexibility index (Phi) is 8.65. The molecule has 1 amide bonds. The normalized spacial score (nSPS) is 14.0. The lowest BCUT2D eigenvalue weighted by atomic mass is 10.2. The number of fused-ring (bicyclic) bond motifs is 1. The lowest BCUT2D eigenvalue weighted by Gasteiger charge is -2.31. The van der Waals surface area contributed by atoms with Crippen LogP contribution in [0, 0.1) is 0 Å². The van der Waals surface area contributed by atoms with Gasteiger partial charge < -0.3 is 19.7 Å². The fourth-order valence-electron chi connectivity index (χ4n) is 4.59. The summed E-state index contributed by atoms with van der Waals surface area (Å²) in [5.41, 5.74) is 3.11. The van der Waals surface area contributed by atoms with Crippen molar-refractivity contribution in [3.05, 3.63) is 66.7 Å². The quantitative estimate of drug-likeness (QED) is 0.286. The summed E-state index contributed by atoms with van der Waals surface area (Å²) in [5.74, 6) is 0.161. The lowest BCUT2D eigenvalue weighted by Crippen LogP contribution is -2.37. The van der Waals surface area contributed by atoms with Crippen LogP contribution in [0.5, 0.6) is 5.75 Å². The molecule has 1 aromatic heterocycles. The van der Waals surface area contributed by atoms with Gasteiger partial charge in [0.1, 0.15) is 10.8 Å². The summed E-state index contributed by atoms with van der Waals surface area (Å²) in [7, 11) is -3.69. The molecule has 0 atom stereocenters. The van der Waals surface area contributed by atoms with Gasteiger partial charge in [0.25, 0.3) is 5.91 Å². The Hall–Kier alpha value is -3.51. The van der Waals surface area contributed by atoms with E-state index in [1.54, 1.807) is 37.3 Å². The minimum atomic E-state index is -3.69. The van der Waals surface area contributed by atoms with E-state index in [0.717, 1.165) is 26.5 Å². The van der Waals surface area contributed by atoms with Crippen molar-refractivity contribution in [2.45, 2.75) is 18.7 Å². The van der Waals surface area contributed by atoms with Crippen molar-refractivity contribution in [3.63, 3.8) is 0 Å². The number of ether oxygens (including phenoxy) is 2. The van der Waals surface area contributed by atoms with Crippen molar-refractivity contribution < 1.29 is 22.7 Å². The van der Waals surface area contributed by atoms with Gasteiger partial charge in [-0.3, -0.25) is 4.79 Å². The number of hydrogen-bond donors (Lipinski definition) is 1. The van der Waals surface area contributed by atoms with Crippen LogP contribution in [0.1, 0.15) is 13.8 Å². The molecule has 0 aliphatic carbocycles. The van der Waals surface area contributed by atoms with Crippen LogP contribution in [0.15, 0.2) is 71.6 Å². The van der Waals surface area contributed by atoms with Crippen LogP contribution in [0.3, 0.4) is 0 Å². The Morgan fingerprint density at radius 2 is 1.77 bits per heavy atom. The Labute approximate surface area is 238 Å². The van der Waals surface area contributed by atoms with E-state index in [-0.39, 0.29) is 17.4 Å². The predicted molar refractivity (Wildman–Crippen MR) is 159 cm³/mol. The molecule has 2 heterocycles. The number of benzene rings is 3. The van der Waals surface area contributed by atoms with Crippen LogP contribution in [0.2, 0.25) is 0 Å². The van der Waals surface area contributed by atoms with E-state index in [9.17, 15) is 13.2 Å². The zero-order chi connectivity index (χ0) is 28.1. The Morgan fingerprint density at radius 1 is 1.05 bits per heavy atom. The van der Waals surface area contributed by atoms with E-state index in [0.29, 0.717) is 50.8 Å². The maximum Gasteiger partial charge on any atom is 0.262 e. The first-order chi connectivity index (χ1) is 19.4. The Bertz CT molecular complexity index is 1540. The molecular formula is C29H32N4O5S2. The minimum Gasteiger partial charge on any atom is -0.484 e. The highest BCUT2D eigenvalue weighted by Crippen LogP contribution is 2.32. The van der Waals surface area contributed by atoms with E-state index in [4.69, 9.17) is 9.47 Å². The molecule has 0 unspecified atom stereocenters. The summed E-state index contributed by atoms with van der Waals surface area (Å²) in [6.45, 7) is 6.49. The molecule has 0 bridgehead atoms. The molecule has 40 heavy (non-hydrogen) atoms. The van der Waals surface area contributed by atoms with Crippen molar-refractivity contribution >= 4 is 48.9 Å². The van der Waals surface area contributed by atoms with Crippen molar-refractivity contribution in [2.75, 3.05) is 56.2 Å². The minimum absolute atomic E-state index is 0.134. The van der Waals surface area contributed by atoms with Crippen LogP contribution in [-0.4, -0.2) is 69.6 Å². The second-order valence-corrected chi connectivity index (χ2v) is 12.2. The maximum absolute atomic E-state index is 13.2. The average Bonchev–Trinajstić information content (AvgIpc) is 3.42. The SMILES string of the molecule is CCN(CC)S(=O)(=O)c1ccc(N2CCOCC2)c(NC(=O)COc2ccc(-c3nc4ccccc4s3)cc2)c1. The second kappa shape index (κ2) is 12.3. The average molecular weight is 581 g/mol. The number of carbonyl (C=O) groups excluding carboxylic acids is 1. The first-order valence-corrected chi connectivity index (χ1v) is 15.5. The van der Waals surface area contributed by atoms with Gasteiger partial charge in [0, 0.05) is 31.7 Å². The fourth-order valence-corrected chi connectivity index (χ4v) is 7.05. The number of aromatic nitrogens is 1. The molecule has 9 nitrogen and oxygen atoms in total. The number of thiazole rings is 1. The number of rotatable bonds is 10. The van der Waals surface area contributed by atoms with Gasteiger partial charge in [-0.1, -0.05) is 26.0 Å². The van der Waals surface area contributed by atoms with E-state index in [1.807, 2.05) is 48.5 Å². The number of nitrogens with zero attached hydrogens (tertiary/aromatic N) is 3. The lowest BCUT2D eigenvalue weighted by molar-refractivity contribution is -0.118. The summed E-state index contributed by atoms with van der Waals surface area (Å²) < 4.78 is 40.1. The van der Waals surface area contributed by atoms with E-state index in [2.05, 4.69) is 15.2 Å². The summed E-state index contributed by atoms with van der Waals surface area (Å²) >= 11 is 1.62. The molecule has 1 saturated heterocycles. The highest BCUT2D eigenvalue weighted by molar-refractivity contribution is 7.89. The number of sulfonamides is 1. The van der Waals surface area contributed by atoms with Crippen molar-refractivity contribution in [1.82, 2.24) is 9.29 Å². The summed E-state index contributed by atoms with van der Waals surface area (Å²) in [4.78, 5) is 19.9. The molecule has 5 rings (SSSR count). The van der Waals surface area contributed by atoms with Crippen molar-refractivity contribution in [2.24, 2.45) is 0 Å². The fraction of sp³-hybridized carbons (Fsp3) is 0.310. The van der Waals surface area contributed by atoms with Gasteiger partial charge in [0.2, 0.25) is 10.0 Å². The Morgan fingerprint density at radius 3 is 2.48 bits per heavy atom. The number of hydrogen-bond acceptors (Lipinski definition) is 8. The summed E-state index contributed by atoms with van der Waals surface area (Å²) in [6.07, 6.45) is 0. The molecule has 1 aliphatic heterocycles. The Balaban J connectivity index is 1.30. The van der Waals surface area contributed by atoms with E-state index >= 15 is 0 Å². The van der Waals surface area contributed by atoms with E-state index < -0.39 is 10.0 Å². The van der Waals surface area contributed by atoms with Crippen molar-refractivity contribution in [1.29, 1.82) is 0 Å². The molecule has 1 fully saturated rings. The molecule has 1 aliphatic rings. The summed E-state index contributed by atoms with van der Waals surface area (Å²) in [6, 6.07) is 20.3. The van der Waals surface area contributed by atoms with Gasteiger partial charge in [0.05, 0.1) is 39.7 Å². The topological polar surface area (TPSA) is 101 Å². The molecule has 0 radical (unpaired) electrons. The number of nitrogens with one attached hydrogen (secondary N) is 1. The number of para-hydroxylation sites is 1. The van der Waals surface area contributed by atoms with Gasteiger partial charge in [-0.25, -0.2) is 13.4 Å². The summed E-state index contributed by atoms with van der Waals surface area (Å²) in [5, 5.41) is 3.80. The monoisotopic (exact) mass is 580 g/mol. The van der Waals surface area contributed by atoms with Crippen LogP contribution >= 0.6 is 11.3 Å². The zero-order valence-electron chi connectivity index (χ0n) is 22.5. The molecule has 0 spiro atoms. The van der Waals surface area contributed by atoms with Crippen LogP contribution in [-0.2, 0) is 19.6 Å². The largest absolute Gasteiger partial charge is 0.484 e. The van der Waals surface area contributed by atoms with Crippen LogP contribution < -0.4 is 15.0 Å². The molecule has 4 aromatic rings.